The average Bonchev–Trinajstić information content (AvgIpc) is 2.94. The number of amides is 2. The van der Waals surface area contributed by atoms with Crippen LogP contribution in [0.25, 0.3) is 0 Å². The van der Waals surface area contributed by atoms with Gasteiger partial charge in [-0.25, -0.2) is 4.21 Å². The Morgan fingerprint density at radius 1 is 0.579 bits per heavy atom. The van der Waals surface area contributed by atoms with E-state index in [1.54, 1.807) is 86.6 Å². The van der Waals surface area contributed by atoms with Gasteiger partial charge in [0.15, 0.2) is 12.2 Å². The highest BCUT2D eigenvalue weighted by atomic mass is 32.2. The summed E-state index contributed by atoms with van der Waals surface area (Å²) in [4.78, 5) is 26.1. The Bertz CT molecular complexity index is 1270. The molecule has 0 saturated carbocycles. The molecule has 1 unspecified atom stereocenters. The van der Waals surface area contributed by atoms with Crippen LogP contribution in [0.5, 0.6) is 11.5 Å². The van der Waals surface area contributed by atoms with Crippen LogP contribution in [-0.2, 0) is 20.4 Å². The topological polar surface area (TPSA) is 93.7 Å². The first-order chi connectivity index (χ1) is 18.4. The van der Waals surface area contributed by atoms with E-state index < -0.39 is 23.0 Å². The van der Waals surface area contributed by atoms with Crippen molar-refractivity contribution in [1.82, 2.24) is 0 Å². The Hall–Kier alpha value is -4.43. The molecule has 2 N–H and O–H groups in total. The highest BCUT2D eigenvalue weighted by Crippen LogP contribution is 2.21. The summed E-state index contributed by atoms with van der Waals surface area (Å²) in [5, 5.41) is 5.61. The third-order valence-corrected chi connectivity index (χ3v) is 6.92. The molecule has 0 saturated heterocycles. The Kier molecular flexibility index (Phi) is 8.89. The van der Waals surface area contributed by atoms with E-state index in [1.165, 1.54) is 0 Å². The van der Waals surface area contributed by atoms with E-state index in [-0.39, 0.29) is 11.8 Å². The molecule has 8 heteroatoms. The normalized spacial score (nSPS) is 13.0. The van der Waals surface area contributed by atoms with Crippen molar-refractivity contribution in [2.24, 2.45) is 0 Å². The molecule has 4 rings (SSSR count). The number of rotatable bonds is 10. The van der Waals surface area contributed by atoms with Crippen LogP contribution < -0.4 is 20.1 Å². The predicted octanol–water partition coefficient (Wildman–Crippen LogP) is 5.67. The third kappa shape index (κ3) is 7.30. The number of carbonyl (C=O) groups is 2. The van der Waals surface area contributed by atoms with Gasteiger partial charge in [0, 0.05) is 21.2 Å². The minimum Gasteiger partial charge on any atom is -0.481 e. The highest BCUT2D eigenvalue weighted by molar-refractivity contribution is 7.85. The minimum absolute atomic E-state index is 0.288. The SMILES string of the molecule is C[C@H](Oc1ccccc1)C(=O)Nc1ccc(S(=O)c2ccc(NC(=O)[C@@H](C)Oc3ccccc3)cc2)cc1. The lowest BCUT2D eigenvalue weighted by Gasteiger charge is -2.15. The van der Waals surface area contributed by atoms with E-state index >= 15 is 0 Å². The lowest BCUT2D eigenvalue weighted by atomic mass is 10.3. The Morgan fingerprint density at radius 3 is 1.26 bits per heavy atom. The van der Waals surface area contributed by atoms with Crippen molar-refractivity contribution in [3.63, 3.8) is 0 Å². The molecule has 0 bridgehead atoms. The van der Waals surface area contributed by atoms with E-state index in [4.69, 9.17) is 9.47 Å². The first kappa shape index (κ1) is 26.6. The second-order valence-electron chi connectivity index (χ2n) is 8.44. The van der Waals surface area contributed by atoms with Crippen LogP contribution in [0.15, 0.2) is 119 Å². The molecule has 0 aliphatic heterocycles. The van der Waals surface area contributed by atoms with Gasteiger partial charge in [-0.15, -0.1) is 0 Å². The number of anilines is 2. The molecule has 3 atom stereocenters. The molecule has 4 aromatic carbocycles. The average molecular weight is 529 g/mol. The van der Waals surface area contributed by atoms with E-state index in [9.17, 15) is 13.8 Å². The van der Waals surface area contributed by atoms with E-state index in [1.807, 2.05) is 36.4 Å². The van der Waals surface area contributed by atoms with Crippen molar-refractivity contribution in [1.29, 1.82) is 0 Å². The molecule has 2 amide bonds. The molecule has 38 heavy (non-hydrogen) atoms. The van der Waals surface area contributed by atoms with Crippen LogP contribution in [0.4, 0.5) is 11.4 Å². The van der Waals surface area contributed by atoms with Crippen LogP contribution in [0.2, 0.25) is 0 Å². The summed E-state index contributed by atoms with van der Waals surface area (Å²) < 4.78 is 24.3. The van der Waals surface area contributed by atoms with Crippen molar-refractivity contribution < 1.29 is 23.3 Å². The summed E-state index contributed by atoms with van der Waals surface area (Å²) in [5.74, 6) is 0.649. The fraction of sp³-hybridized carbons (Fsp3) is 0.133. The Labute approximate surface area is 224 Å². The maximum Gasteiger partial charge on any atom is 0.265 e. The second-order valence-corrected chi connectivity index (χ2v) is 9.92. The zero-order valence-corrected chi connectivity index (χ0v) is 21.8. The summed E-state index contributed by atoms with van der Waals surface area (Å²) in [6.45, 7) is 3.35. The number of para-hydroxylation sites is 2. The molecule has 0 fully saturated rings. The molecule has 0 aromatic heterocycles. The maximum atomic E-state index is 13.0. The van der Waals surface area contributed by atoms with Gasteiger partial charge in [-0.1, -0.05) is 36.4 Å². The fourth-order valence-electron chi connectivity index (χ4n) is 3.46. The van der Waals surface area contributed by atoms with Gasteiger partial charge >= 0.3 is 0 Å². The number of hydrogen-bond donors (Lipinski definition) is 2. The monoisotopic (exact) mass is 528 g/mol. The van der Waals surface area contributed by atoms with Gasteiger partial charge in [-0.05, 0) is 86.6 Å². The van der Waals surface area contributed by atoms with Gasteiger partial charge in [-0.3, -0.25) is 9.59 Å². The lowest BCUT2D eigenvalue weighted by Crippen LogP contribution is -2.30. The molecule has 0 radical (unpaired) electrons. The van der Waals surface area contributed by atoms with Crippen LogP contribution in [0.1, 0.15) is 13.8 Å². The van der Waals surface area contributed by atoms with Gasteiger partial charge < -0.3 is 20.1 Å². The van der Waals surface area contributed by atoms with Gasteiger partial charge in [0.1, 0.15) is 11.5 Å². The number of carbonyl (C=O) groups excluding carboxylic acids is 2. The largest absolute Gasteiger partial charge is 0.481 e. The van der Waals surface area contributed by atoms with E-state index in [0.717, 1.165) is 0 Å². The first-order valence-electron chi connectivity index (χ1n) is 12.1. The zero-order valence-electron chi connectivity index (χ0n) is 21.0. The van der Waals surface area contributed by atoms with Gasteiger partial charge in [-0.2, -0.15) is 0 Å². The van der Waals surface area contributed by atoms with Gasteiger partial charge in [0.2, 0.25) is 0 Å². The molecule has 194 valence electrons. The van der Waals surface area contributed by atoms with Crippen molar-refractivity contribution in [3.8, 4) is 11.5 Å². The summed E-state index contributed by atoms with van der Waals surface area (Å²) in [7, 11) is -1.43. The van der Waals surface area contributed by atoms with Crippen molar-refractivity contribution in [2.45, 2.75) is 35.8 Å². The van der Waals surface area contributed by atoms with Crippen LogP contribution in [-0.4, -0.2) is 28.2 Å². The number of benzene rings is 4. The standard InChI is InChI=1S/C30H28N2O5S/c1-21(36-25-9-5-3-6-10-25)29(33)31-23-13-17-27(18-14-23)38(35)28-19-15-24(16-20-28)32-30(34)22(2)37-26-11-7-4-8-12-26/h3-22H,1-2H3,(H,31,33)(H,32,34)/t21-,22+,38?. The third-order valence-electron chi connectivity index (χ3n) is 5.52. The van der Waals surface area contributed by atoms with Gasteiger partial charge in [0.25, 0.3) is 11.8 Å². The minimum atomic E-state index is -1.43. The number of nitrogens with one attached hydrogen (secondary N) is 2. The highest BCUT2D eigenvalue weighted by Gasteiger charge is 2.17. The molecule has 7 nitrogen and oxygen atoms in total. The zero-order chi connectivity index (χ0) is 26.9. The summed E-state index contributed by atoms with van der Waals surface area (Å²) >= 11 is 0. The van der Waals surface area contributed by atoms with Crippen LogP contribution in [0, 0.1) is 0 Å². The summed E-state index contributed by atoms with van der Waals surface area (Å²) in [5.41, 5.74) is 1.15. The van der Waals surface area contributed by atoms with Crippen molar-refractivity contribution >= 4 is 34.0 Å². The second kappa shape index (κ2) is 12.7. The summed E-state index contributed by atoms with van der Waals surface area (Å²) in [6, 6.07) is 31.8. The predicted molar refractivity (Wildman–Crippen MR) is 148 cm³/mol. The van der Waals surface area contributed by atoms with E-state index in [0.29, 0.717) is 32.7 Å². The van der Waals surface area contributed by atoms with Crippen LogP contribution in [0.3, 0.4) is 0 Å². The number of ether oxygens (including phenoxy) is 2. The molecular weight excluding hydrogens is 500 g/mol. The van der Waals surface area contributed by atoms with Crippen molar-refractivity contribution in [3.05, 3.63) is 109 Å². The Morgan fingerprint density at radius 2 is 0.921 bits per heavy atom. The molecule has 0 spiro atoms. The fourth-order valence-corrected chi connectivity index (χ4v) is 4.50. The van der Waals surface area contributed by atoms with Crippen LogP contribution >= 0.6 is 0 Å². The number of hydrogen-bond acceptors (Lipinski definition) is 5. The van der Waals surface area contributed by atoms with Crippen molar-refractivity contribution in [2.75, 3.05) is 10.6 Å². The quantitative estimate of drug-likeness (QED) is 0.277. The molecule has 4 aromatic rings. The smallest absolute Gasteiger partial charge is 0.265 e. The molecule has 0 heterocycles. The maximum absolute atomic E-state index is 13.0. The van der Waals surface area contributed by atoms with E-state index in [2.05, 4.69) is 10.6 Å². The lowest BCUT2D eigenvalue weighted by molar-refractivity contribution is -0.122. The Balaban J connectivity index is 1.30. The first-order valence-corrected chi connectivity index (χ1v) is 13.2. The summed E-state index contributed by atoms with van der Waals surface area (Å²) in [6.07, 6.45) is -1.36. The molecule has 0 aliphatic rings. The molecular formula is C30H28N2O5S. The van der Waals surface area contributed by atoms with Gasteiger partial charge in [0.05, 0.1) is 10.8 Å². The molecule has 0 aliphatic carbocycles.